The minimum atomic E-state index is 0.465. The lowest BCUT2D eigenvalue weighted by Crippen LogP contribution is -2.00. The van der Waals surface area contributed by atoms with Crippen LogP contribution in [0.3, 0.4) is 0 Å². The monoisotopic (exact) mass is 395 g/mol. The van der Waals surface area contributed by atoms with Crippen LogP contribution in [0, 0.1) is 0 Å². The van der Waals surface area contributed by atoms with Crippen LogP contribution >= 0.6 is 46.6 Å². The second kappa shape index (κ2) is 7.62. The molecule has 0 aliphatic heterocycles. The zero-order valence-corrected chi connectivity index (χ0v) is 15.5. The van der Waals surface area contributed by atoms with Crippen LogP contribution in [-0.2, 0) is 0 Å². The summed E-state index contributed by atoms with van der Waals surface area (Å²) in [5, 5.41) is 10.9. The van der Waals surface area contributed by atoms with Crippen LogP contribution in [0.4, 0.5) is 0 Å². The van der Waals surface area contributed by atoms with Gasteiger partial charge < -0.3 is 0 Å². The second-order valence-corrected chi connectivity index (χ2v) is 7.03. The van der Waals surface area contributed by atoms with Crippen molar-refractivity contribution in [1.82, 2.24) is 14.8 Å². The fraction of sp³-hybridized carbons (Fsp3) is 0.0588. The van der Waals surface area contributed by atoms with Crippen molar-refractivity contribution in [3.05, 3.63) is 70.2 Å². The number of halogens is 3. The van der Waals surface area contributed by atoms with Gasteiger partial charge in [0.25, 0.3) is 0 Å². The molecule has 3 nitrogen and oxygen atoms in total. The maximum absolute atomic E-state index is 6.34. The molecule has 3 rings (SSSR count). The van der Waals surface area contributed by atoms with E-state index in [-0.39, 0.29) is 0 Å². The maximum Gasteiger partial charge on any atom is 0.196 e. The smallest absolute Gasteiger partial charge is 0.196 e. The van der Waals surface area contributed by atoms with Crippen LogP contribution in [0.25, 0.3) is 17.1 Å². The molecule has 0 spiro atoms. The van der Waals surface area contributed by atoms with Crippen LogP contribution in [0.5, 0.6) is 0 Å². The van der Waals surface area contributed by atoms with Crippen molar-refractivity contribution in [1.29, 1.82) is 0 Å². The van der Waals surface area contributed by atoms with Gasteiger partial charge in [0.1, 0.15) is 0 Å². The fourth-order valence-electron chi connectivity index (χ4n) is 2.17. The van der Waals surface area contributed by atoms with Gasteiger partial charge in [-0.3, -0.25) is 4.57 Å². The van der Waals surface area contributed by atoms with Gasteiger partial charge in [-0.1, -0.05) is 64.8 Å². The molecule has 1 aromatic heterocycles. The Kier molecular flexibility index (Phi) is 5.51. The predicted molar refractivity (Wildman–Crippen MR) is 103 cm³/mol. The highest BCUT2D eigenvalue weighted by molar-refractivity contribution is 7.99. The molecule has 0 bridgehead atoms. The van der Waals surface area contributed by atoms with E-state index in [0.717, 1.165) is 16.4 Å². The highest BCUT2D eigenvalue weighted by Gasteiger charge is 2.18. The van der Waals surface area contributed by atoms with Crippen LogP contribution in [0.1, 0.15) is 0 Å². The number of hydrogen-bond acceptors (Lipinski definition) is 3. The van der Waals surface area contributed by atoms with Gasteiger partial charge in [0.15, 0.2) is 11.0 Å². The molecule has 0 radical (unpaired) electrons. The molecule has 2 aromatic carbocycles. The molecule has 0 aliphatic carbocycles. The number of benzene rings is 2. The first-order chi connectivity index (χ1) is 11.6. The third kappa shape index (κ3) is 3.47. The maximum atomic E-state index is 6.34. The third-order valence-electron chi connectivity index (χ3n) is 3.24. The van der Waals surface area contributed by atoms with E-state index in [1.54, 1.807) is 12.1 Å². The van der Waals surface area contributed by atoms with Crippen molar-refractivity contribution in [2.24, 2.45) is 0 Å². The van der Waals surface area contributed by atoms with Crippen molar-refractivity contribution < 1.29 is 0 Å². The zero-order chi connectivity index (χ0) is 17.1. The Hall–Kier alpha value is -1.46. The highest BCUT2D eigenvalue weighted by Crippen LogP contribution is 2.33. The summed E-state index contributed by atoms with van der Waals surface area (Å²) in [5.41, 5.74) is 1.61. The summed E-state index contributed by atoms with van der Waals surface area (Å²) in [6.45, 7) is 3.75. The number of hydrogen-bond donors (Lipinski definition) is 0. The predicted octanol–water partition coefficient (Wildman–Crippen LogP) is 6.17. The van der Waals surface area contributed by atoms with Gasteiger partial charge in [-0.15, -0.1) is 16.8 Å². The first kappa shape index (κ1) is 17.4. The second-order valence-electron chi connectivity index (χ2n) is 4.82. The lowest BCUT2D eigenvalue weighted by Gasteiger charge is -2.11. The molecule has 0 aliphatic rings. The van der Waals surface area contributed by atoms with E-state index < -0.39 is 0 Å². The van der Waals surface area contributed by atoms with Gasteiger partial charge in [-0.2, -0.15) is 0 Å². The fourth-order valence-corrected chi connectivity index (χ4v) is 3.37. The summed E-state index contributed by atoms with van der Waals surface area (Å²) in [5.74, 6) is 1.35. The molecule has 0 saturated heterocycles. The number of nitrogens with zero attached hydrogens (tertiary/aromatic N) is 3. The van der Waals surface area contributed by atoms with Crippen molar-refractivity contribution >= 4 is 46.6 Å². The molecule has 24 heavy (non-hydrogen) atoms. The summed E-state index contributed by atoms with van der Waals surface area (Å²) < 4.78 is 1.91. The van der Waals surface area contributed by atoms with Gasteiger partial charge >= 0.3 is 0 Å². The normalized spacial score (nSPS) is 10.8. The Bertz CT molecular complexity index is 893. The topological polar surface area (TPSA) is 30.7 Å². The summed E-state index contributed by atoms with van der Waals surface area (Å²) in [6.07, 6.45) is 1.81. The largest absolute Gasteiger partial charge is 0.270 e. The Morgan fingerprint density at radius 3 is 2.50 bits per heavy atom. The Labute approximate surface area is 159 Å². The minimum Gasteiger partial charge on any atom is -0.270 e. The van der Waals surface area contributed by atoms with E-state index >= 15 is 0 Å². The van der Waals surface area contributed by atoms with Crippen molar-refractivity contribution in [2.75, 3.05) is 5.75 Å². The summed E-state index contributed by atoms with van der Waals surface area (Å²) in [7, 11) is 0. The summed E-state index contributed by atoms with van der Waals surface area (Å²) >= 11 is 20.1. The van der Waals surface area contributed by atoms with Crippen LogP contribution < -0.4 is 0 Å². The average molecular weight is 397 g/mol. The molecule has 0 saturated carbocycles. The van der Waals surface area contributed by atoms with Gasteiger partial charge in [0, 0.05) is 11.3 Å². The van der Waals surface area contributed by atoms with Crippen LogP contribution in [-0.4, -0.2) is 20.5 Å². The Balaban J connectivity index is 2.20. The van der Waals surface area contributed by atoms with Crippen molar-refractivity contribution in [2.45, 2.75) is 5.16 Å². The molecule has 0 fully saturated rings. The average Bonchev–Trinajstić information content (AvgIpc) is 2.99. The van der Waals surface area contributed by atoms with Crippen molar-refractivity contribution in [3.8, 4) is 17.1 Å². The van der Waals surface area contributed by atoms with E-state index in [0.29, 0.717) is 26.6 Å². The summed E-state index contributed by atoms with van der Waals surface area (Å²) in [4.78, 5) is 0. The molecule has 0 N–H and O–H groups in total. The number of thioether (sulfide) groups is 1. The molecular weight excluding hydrogens is 385 g/mol. The van der Waals surface area contributed by atoms with Crippen LogP contribution in [0.2, 0.25) is 15.1 Å². The SMILES string of the molecule is C=CCSc1nnc(-c2ccccc2Cl)n1-c1ccc(Cl)c(Cl)c1. The Morgan fingerprint density at radius 2 is 1.79 bits per heavy atom. The Morgan fingerprint density at radius 1 is 1.00 bits per heavy atom. The van der Waals surface area contributed by atoms with Gasteiger partial charge in [0.2, 0.25) is 0 Å². The number of aromatic nitrogens is 3. The van der Waals surface area contributed by atoms with Crippen LogP contribution in [0.15, 0.2) is 60.3 Å². The quantitative estimate of drug-likeness (QED) is 0.381. The standard InChI is InChI=1S/C17H12Cl3N3S/c1-2-9-24-17-22-21-16(12-5-3-4-6-13(12)18)23(17)11-7-8-14(19)15(20)10-11/h2-8,10H,1,9H2. The van der Waals surface area contributed by atoms with Gasteiger partial charge in [0.05, 0.1) is 20.8 Å². The number of rotatable bonds is 5. The highest BCUT2D eigenvalue weighted by atomic mass is 35.5. The first-order valence-electron chi connectivity index (χ1n) is 7.01. The van der Waals surface area contributed by atoms with Gasteiger partial charge in [-0.05, 0) is 30.3 Å². The molecule has 3 aromatic rings. The molecule has 7 heteroatoms. The van der Waals surface area contributed by atoms with E-state index in [2.05, 4.69) is 16.8 Å². The molecular formula is C17H12Cl3N3S. The van der Waals surface area contributed by atoms with Gasteiger partial charge in [-0.25, -0.2) is 0 Å². The lowest BCUT2D eigenvalue weighted by atomic mass is 10.2. The van der Waals surface area contributed by atoms with E-state index in [4.69, 9.17) is 34.8 Å². The van der Waals surface area contributed by atoms with E-state index in [1.807, 2.05) is 41.0 Å². The minimum absolute atomic E-state index is 0.465. The third-order valence-corrected chi connectivity index (χ3v) is 5.23. The molecule has 0 amide bonds. The first-order valence-corrected chi connectivity index (χ1v) is 9.13. The molecule has 1 heterocycles. The lowest BCUT2D eigenvalue weighted by molar-refractivity contribution is 0.888. The molecule has 0 atom stereocenters. The van der Waals surface area contributed by atoms with E-state index in [1.165, 1.54) is 11.8 Å². The zero-order valence-electron chi connectivity index (χ0n) is 12.4. The van der Waals surface area contributed by atoms with E-state index in [9.17, 15) is 0 Å². The summed E-state index contributed by atoms with van der Waals surface area (Å²) in [6, 6.07) is 12.9. The van der Waals surface area contributed by atoms with Crippen molar-refractivity contribution in [3.63, 3.8) is 0 Å². The molecule has 122 valence electrons. The molecule has 0 unspecified atom stereocenters.